The van der Waals surface area contributed by atoms with Crippen LogP contribution in [0.5, 0.6) is 11.5 Å². The molecule has 3 aliphatic rings. The molecule has 0 aliphatic carbocycles. The number of para-hydroxylation sites is 4. The fraction of sp³-hybridized carbons (Fsp3) is 0. The quantitative estimate of drug-likeness (QED) is 0.154. The van der Waals surface area contributed by atoms with Crippen molar-refractivity contribution in [2.24, 2.45) is 0 Å². The number of rotatable bonds is 0. The monoisotopic (exact) mass is 642 g/mol. The van der Waals surface area contributed by atoms with Crippen LogP contribution in [0, 0.1) is 0 Å². The van der Waals surface area contributed by atoms with Crippen LogP contribution in [0.15, 0.2) is 135 Å². The predicted molar refractivity (Wildman–Crippen MR) is 202 cm³/mol. The molecule has 0 saturated carbocycles. The average Bonchev–Trinajstić information content (AvgIpc) is 3.86. The van der Waals surface area contributed by atoms with Crippen molar-refractivity contribution in [2.75, 3.05) is 0 Å². The van der Waals surface area contributed by atoms with Crippen LogP contribution in [0.4, 0.5) is 0 Å². The van der Waals surface area contributed by atoms with Gasteiger partial charge in [0, 0.05) is 51.9 Å². The molecule has 7 aromatic carbocycles. The average molecular weight is 643 g/mol. The molecule has 0 saturated heterocycles. The van der Waals surface area contributed by atoms with Gasteiger partial charge in [-0.05, 0) is 52.8 Å². The minimum Gasteiger partial charge on any atom is -0.457 e. The van der Waals surface area contributed by atoms with Gasteiger partial charge in [0.2, 0.25) is 0 Å². The molecule has 0 fully saturated rings. The molecule has 0 spiro atoms. The first-order chi connectivity index (χ1) is 23.9. The van der Waals surface area contributed by atoms with Crippen LogP contribution in [0.3, 0.4) is 0 Å². The van der Waals surface area contributed by atoms with Crippen LogP contribution in [0.25, 0.3) is 76.2 Å². The lowest BCUT2D eigenvalue weighted by Crippen LogP contribution is -2.60. The summed E-state index contributed by atoms with van der Waals surface area (Å²) in [5.41, 5.74) is 11.7. The van der Waals surface area contributed by atoms with Gasteiger partial charge in [-0.25, -0.2) is 0 Å². The van der Waals surface area contributed by atoms with Crippen molar-refractivity contribution < 1.29 is 4.74 Å². The van der Waals surface area contributed by atoms with Crippen LogP contribution >= 0.6 is 23.5 Å². The van der Waals surface area contributed by atoms with Crippen molar-refractivity contribution in [2.45, 2.75) is 19.6 Å². The Labute approximate surface area is 281 Å². The first kappa shape index (κ1) is 23.9. The molecule has 48 heavy (non-hydrogen) atoms. The number of benzene rings is 7. The van der Waals surface area contributed by atoms with Gasteiger partial charge in [-0.2, -0.15) is 0 Å². The van der Waals surface area contributed by atoms with Gasteiger partial charge in [0.15, 0.2) is 0 Å². The second-order valence-electron chi connectivity index (χ2n) is 13.5. The van der Waals surface area contributed by atoms with Crippen molar-refractivity contribution in [1.82, 2.24) is 8.80 Å². The van der Waals surface area contributed by atoms with E-state index in [0.717, 1.165) is 11.5 Å². The molecular formula is C42H19BN2OS2. The number of aromatic nitrogens is 2. The van der Waals surface area contributed by atoms with Gasteiger partial charge >= 0.3 is 0 Å². The highest BCUT2D eigenvalue weighted by molar-refractivity contribution is 8.01. The summed E-state index contributed by atoms with van der Waals surface area (Å²) >= 11 is 3.89. The van der Waals surface area contributed by atoms with E-state index in [-0.39, 0.29) is 6.71 Å². The van der Waals surface area contributed by atoms with Crippen LogP contribution in [-0.2, 0) is 0 Å². The zero-order chi connectivity index (χ0) is 30.6. The number of nitrogens with zero attached hydrogens (tertiary/aromatic N) is 2. The van der Waals surface area contributed by atoms with Crippen LogP contribution in [0.2, 0.25) is 0 Å². The smallest absolute Gasteiger partial charge is 0.256 e. The van der Waals surface area contributed by atoms with Crippen molar-refractivity contribution in [3.05, 3.63) is 115 Å². The molecule has 11 aromatic rings. The zero-order valence-corrected chi connectivity index (χ0v) is 26.8. The molecule has 3 nitrogen and oxygen atoms in total. The molecule has 4 aromatic heterocycles. The number of hydrogen-bond acceptors (Lipinski definition) is 3. The Bertz CT molecular complexity index is 3120. The Morgan fingerprint density at radius 3 is 1.25 bits per heavy atom. The molecule has 218 valence electrons. The highest BCUT2D eigenvalue weighted by atomic mass is 32.2. The van der Waals surface area contributed by atoms with Gasteiger partial charge in [0.25, 0.3) is 6.71 Å². The van der Waals surface area contributed by atoms with E-state index in [1.807, 2.05) is 23.5 Å². The second-order valence-corrected chi connectivity index (χ2v) is 15.6. The summed E-state index contributed by atoms with van der Waals surface area (Å²) in [7, 11) is 0. The maximum Gasteiger partial charge on any atom is 0.256 e. The van der Waals surface area contributed by atoms with Gasteiger partial charge in [0.1, 0.15) is 11.5 Å². The third-order valence-corrected chi connectivity index (χ3v) is 13.9. The summed E-state index contributed by atoms with van der Waals surface area (Å²) in [6, 6.07) is 42.7. The molecule has 14 rings (SSSR count). The Hall–Kier alpha value is -5.30. The summed E-state index contributed by atoms with van der Waals surface area (Å²) in [4.78, 5) is 5.43. The number of hydrogen-bond donors (Lipinski definition) is 0. The molecule has 3 aliphatic heterocycles. The summed E-state index contributed by atoms with van der Waals surface area (Å²) in [5, 5.41) is 10.3. The van der Waals surface area contributed by atoms with Crippen molar-refractivity contribution in [3.63, 3.8) is 0 Å². The van der Waals surface area contributed by atoms with Crippen LogP contribution < -0.4 is 21.1 Å². The molecule has 0 radical (unpaired) electrons. The summed E-state index contributed by atoms with van der Waals surface area (Å²) < 4.78 is 12.6. The lowest BCUT2D eigenvalue weighted by Gasteiger charge is -2.38. The lowest BCUT2D eigenvalue weighted by atomic mass is 9.35. The molecule has 0 atom stereocenters. The predicted octanol–water partition coefficient (Wildman–Crippen LogP) is 9.54. The van der Waals surface area contributed by atoms with Gasteiger partial charge < -0.3 is 13.5 Å². The molecule has 0 bridgehead atoms. The van der Waals surface area contributed by atoms with E-state index in [0.29, 0.717) is 0 Å². The van der Waals surface area contributed by atoms with E-state index in [1.165, 1.54) is 112 Å². The third kappa shape index (κ3) is 2.37. The van der Waals surface area contributed by atoms with Gasteiger partial charge in [-0.3, -0.25) is 0 Å². The Morgan fingerprint density at radius 1 is 0.417 bits per heavy atom. The van der Waals surface area contributed by atoms with E-state index in [2.05, 4.69) is 124 Å². The summed E-state index contributed by atoms with van der Waals surface area (Å²) in [5.74, 6) is 2.08. The normalized spacial score (nSPS) is 14.6. The third-order valence-electron chi connectivity index (χ3n) is 11.5. The fourth-order valence-corrected chi connectivity index (χ4v) is 12.6. The number of ether oxygens (including phenoxy) is 1. The molecule has 7 heterocycles. The van der Waals surface area contributed by atoms with Crippen LogP contribution in [0.1, 0.15) is 0 Å². The Balaban J connectivity index is 1.29. The topological polar surface area (TPSA) is 18.1 Å². The van der Waals surface area contributed by atoms with Crippen molar-refractivity contribution in [1.29, 1.82) is 0 Å². The molecule has 0 N–H and O–H groups in total. The van der Waals surface area contributed by atoms with E-state index in [4.69, 9.17) is 4.74 Å². The maximum absolute atomic E-state index is 7.63. The Kier molecular flexibility index (Phi) is 3.84. The summed E-state index contributed by atoms with van der Waals surface area (Å²) in [6.45, 7) is 0.0912. The maximum atomic E-state index is 7.63. The molecular weight excluding hydrogens is 623 g/mol. The molecule has 0 amide bonds. The van der Waals surface area contributed by atoms with E-state index < -0.39 is 0 Å². The first-order valence-electron chi connectivity index (χ1n) is 16.5. The lowest BCUT2D eigenvalue weighted by molar-refractivity contribution is 0.497. The van der Waals surface area contributed by atoms with Gasteiger partial charge in [-0.1, -0.05) is 102 Å². The van der Waals surface area contributed by atoms with Gasteiger partial charge in [0.05, 0.1) is 43.9 Å². The van der Waals surface area contributed by atoms with E-state index in [1.54, 1.807) is 0 Å². The number of fused-ring (bicyclic) bond motifs is 16. The SMILES string of the molecule is c1cc2c3c(c1)Sc1c4c(c5c6ccccc6n6c7ccccc7c1c56)Oc1c(c(c5c6ccccc6n6c7ccccc7c1c56)S2)B34. The molecule has 6 heteroatoms. The zero-order valence-electron chi connectivity index (χ0n) is 25.2. The highest BCUT2D eigenvalue weighted by Crippen LogP contribution is 2.56. The van der Waals surface area contributed by atoms with Crippen LogP contribution in [-0.4, -0.2) is 15.5 Å². The minimum atomic E-state index is 0.0912. The van der Waals surface area contributed by atoms with Crippen molar-refractivity contribution in [3.8, 4) is 11.5 Å². The standard InChI is InChI=1S/C42H19BN2OS2/c1-5-14-24-20(10-1)30-37-32(22-12-3-7-16-26(22)44(24)37)41-35-39(30)46-40-31-21-11-2-6-15-25(21)45-27-17-8-4-13-23(27)33(38(31)45)42-36(40)43(35)34-28(47-41)18-9-19-29(34)48-42/h1-19H. The Morgan fingerprint density at radius 2 is 0.812 bits per heavy atom. The minimum absolute atomic E-state index is 0.0912. The summed E-state index contributed by atoms with van der Waals surface area (Å²) in [6.07, 6.45) is 0. The largest absolute Gasteiger partial charge is 0.457 e. The van der Waals surface area contributed by atoms with E-state index in [9.17, 15) is 0 Å². The fourth-order valence-electron chi connectivity index (χ4n) is 9.82. The highest BCUT2D eigenvalue weighted by Gasteiger charge is 2.48. The first-order valence-corrected chi connectivity index (χ1v) is 18.1. The second kappa shape index (κ2) is 7.70. The van der Waals surface area contributed by atoms with Crippen molar-refractivity contribution >= 4 is 123 Å². The van der Waals surface area contributed by atoms with Gasteiger partial charge in [-0.15, -0.1) is 0 Å². The molecule has 0 unspecified atom stereocenters. The van der Waals surface area contributed by atoms with E-state index >= 15 is 0 Å².